The van der Waals surface area contributed by atoms with E-state index in [1.165, 1.54) is 32.0 Å². The van der Waals surface area contributed by atoms with Crippen molar-refractivity contribution in [2.45, 2.75) is 51.8 Å². The molecule has 0 radical (unpaired) electrons. The van der Waals surface area contributed by atoms with E-state index in [9.17, 15) is 19.7 Å². The Kier molecular flexibility index (Phi) is 7.08. The fourth-order valence-electron chi connectivity index (χ4n) is 2.70. The van der Waals surface area contributed by atoms with Gasteiger partial charge < -0.3 is 24.1 Å². The average Bonchev–Trinajstić information content (AvgIpc) is 2.59. The van der Waals surface area contributed by atoms with Gasteiger partial charge >= 0.3 is 17.6 Å². The first-order valence-electron chi connectivity index (χ1n) is 8.29. The van der Waals surface area contributed by atoms with E-state index >= 15 is 0 Å². The van der Waals surface area contributed by atoms with E-state index in [2.05, 4.69) is 0 Å². The minimum atomic E-state index is -0.942. The van der Waals surface area contributed by atoms with Crippen molar-refractivity contribution in [1.29, 1.82) is 0 Å². The summed E-state index contributed by atoms with van der Waals surface area (Å²) in [7, 11) is 0. The molecule has 1 aromatic carbocycles. The van der Waals surface area contributed by atoms with Gasteiger partial charge in [0, 0.05) is 32.8 Å². The van der Waals surface area contributed by atoms with E-state index in [1.54, 1.807) is 0 Å². The lowest BCUT2D eigenvalue weighted by Gasteiger charge is -2.34. The lowest BCUT2D eigenvalue weighted by Crippen LogP contribution is -2.42. The molecule has 148 valence electrons. The van der Waals surface area contributed by atoms with Gasteiger partial charge in [0.15, 0.2) is 5.75 Å². The largest absolute Gasteiger partial charge is 0.463 e. The Morgan fingerprint density at radius 3 is 2.63 bits per heavy atom. The molecule has 1 saturated heterocycles. The Morgan fingerprint density at radius 1 is 1.30 bits per heavy atom. The number of rotatable bonds is 7. The van der Waals surface area contributed by atoms with Crippen molar-refractivity contribution in [3.05, 3.63) is 33.9 Å². The van der Waals surface area contributed by atoms with Crippen LogP contribution in [0.4, 0.5) is 5.69 Å². The minimum absolute atomic E-state index is 0.0445. The van der Waals surface area contributed by atoms with E-state index in [-0.39, 0.29) is 31.1 Å². The van der Waals surface area contributed by atoms with Gasteiger partial charge in [0.05, 0.1) is 17.6 Å². The summed E-state index contributed by atoms with van der Waals surface area (Å²) in [4.78, 5) is 32.9. The minimum Gasteiger partial charge on any atom is -0.463 e. The van der Waals surface area contributed by atoms with Crippen molar-refractivity contribution in [3.8, 4) is 5.75 Å². The van der Waals surface area contributed by atoms with E-state index in [4.69, 9.17) is 24.1 Å². The van der Waals surface area contributed by atoms with Gasteiger partial charge in [-0.15, -0.1) is 0 Å². The highest BCUT2D eigenvalue weighted by atomic mass is 16.7. The van der Waals surface area contributed by atoms with Crippen LogP contribution in [0.2, 0.25) is 0 Å². The van der Waals surface area contributed by atoms with Crippen molar-refractivity contribution in [3.63, 3.8) is 0 Å². The van der Waals surface area contributed by atoms with Crippen molar-refractivity contribution >= 4 is 17.6 Å². The first kappa shape index (κ1) is 20.6. The van der Waals surface area contributed by atoms with Crippen LogP contribution in [0.3, 0.4) is 0 Å². The Morgan fingerprint density at radius 2 is 2.04 bits per heavy atom. The second-order valence-electron chi connectivity index (χ2n) is 6.03. The SMILES string of the molecule is CC(=O)OCC1CC(OC(C)=O)CC(Oc2ccc(CO)cc2[N+](=O)[O-])O1. The summed E-state index contributed by atoms with van der Waals surface area (Å²) in [5.74, 6) is -1.01. The number of nitrogens with zero attached hydrogens (tertiary/aromatic N) is 1. The summed E-state index contributed by atoms with van der Waals surface area (Å²) in [6, 6.07) is 4.06. The normalized spacial score (nSPS) is 22.0. The van der Waals surface area contributed by atoms with Crippen LogP contribution in [0.25, 0.3) is 0 Å². The summed E-state index contributed by atoms with van der Waals surface area (Å²) in [6.45, 7) is 2.12. The number of aliphatic hydroxyl groups excluding tert-OH is 1. The first-order chi connectivity index (χ1) is 12.8. The van der Waals surface area contributed by atoms with Crippen LogP contribution in [-0.4, -0.2) is 47.1 Å². The fourth-order valence-corrected chi connectivity index (χ4v) is 2.70. The second kappa shape index (κ2) is 9.28. The summed E-state index contributed by atoms with van der Waals surface area (Å²) < 4.78 is 21.4. The standard InChI is InChI=1S/C17H21NO9/c1-10(20)24-9-14-6-13(25-11(2)21)7-17(26-14)27-16-4-3-12(8-19)5-15(16)18(22)23/h3-5,13-14,17,19H,6-9H2,1-2H3. The van der Waals surface area contributed by atoms with Crippen LogP contribution in [0, 0.1) is 10.1 Å². The van der Waals surface area contributed by atoms with Crippen molar-refractivity contribution in [1.82, 2.24) is 0 Å². The molecule has 0 spiro atoms. The molecule has 3 unspecified atom stereocenters. The highest BCUT2D eigenvalue weighted by Gasteiger charge is 2.34. The van der Waals surface area contributed by atoms with E-state index in [0.29, 0.717) is 12.0 Å². The molecule has 0 amide bonds. The van der Waals surface area contributed by atoms with Gasteiger partial charge in [-0.25, -0.2) is 0 Å². The third-order valence-corrected chi connectivity index (χ3v) is 3.79. The van der Waals surface area contributed by atoms with Crippen LogP contribution in [0.15, 0.2) is 18.2 Å². The van der Waals surface area contributed by atoms with Gasteiger partial charge in [-0.3, -0.25) is 19.7 Å². The van der Waals surface area contributed by atoms with Crippen molar-refractivity contribution in [2.75, 3.05) is 6.61 Å². The molecule has 10 heteroatoms. The number of benzene rings is 1. The summed E-state index contributed by atoms with van der Waals surface area (Å²) in [5, 5.41) is 20.4. The van der Waals surface area contributed by atoms with Gasteiger partial charge in [-0.2, -0.15) is 0 Å². The van der Waals surface area contributed by atoms with E-state index in [1.807, 2.05) is 0 Å². The maximum atomic E-state index is 11.3. The number of nitro benzene ring substituents is 1. The number of hydrogen-bond acceptors (Lipinski definition) is 9. The molecule has 10 nitrogen and oxygen atoms in total. The lowest BCUT2D eigenvalue weighted by molar-refractivity contribution is -0.386. The number of carbonyl (C=O) groups excluding carboxylic acids is 2. The molecule has 0 bridgehead atoms. The number of ether oxygens (including phenoxy) is 4. The molecule has 0 aliphatic carbocycles. The van der Waals surface area contributed by atoms with Crippen molar-refractivity contribution < 1.29 is 38.6 Å². The van der Waals surface area contributed by atoms with Crippen LogP contribution in [0.1, 0.15) is 32.3 Å². The van der Waals surface area contributed by atoms with Gasteiger partial charge in [-0.05, 0) is 11.6 Å². The zero-order valence-electron chi connectivity index (χ0n) is 15.0. The van der Waals surface area contributed by atoms with Gasteiger partial charge in [0.2, 0.25) is 6.29 Å². The molecule has 0 aromatic heterocycles. The summed E-state index contributed by atoms with van der Waals surface area (Å²) in [5.41, 5.74) is 0.0421. The molecule has 1 aromatic rings. The molecule has 1 aliphatic heterocycles. The molecular weight excluding hydrogens is 362 g/mol. The number of carbonyl (C=O) groups is 2. The smallest absolute Gasteiger partial charge is 0.311 e. The van der Waals surface area contributed by atoms with Gasteiger partial charge in [0.1, 0.15) is 12.7 Å². The molecule has 1 N–H and O–H groups in total. The zero-order valence-corrected chi connectivity index (χ0v) is 15.0. The Bertz CT molecular complexity index is 706. The van der Waals surface area contributed by atoms with Crippen LogP contribution < -0.4 is 4.74 Å². The number of esters is 2. The van der Waals surface area contributed by atoms with Crippen LogP contribution >= 0.6 is 0 Å². The number of hydrogen-bond donors (Lipinski definition) is 1. The van der Waals surface area contributed by atoms with Crippen molar-refractivity contribution in [2.24, 2.45) is 0 Å². The topological polar surface area (TPSA) is 134 Å². The van der Waals surface area contributed by atoms with Crippen LogP contribution in [0.5, 0.6) is 5.75 Å². The number of nitro groups is 1. The lowest BCUT2D eigenvalue weighted by atomic mass is 10.1. The molecule has 1 heterocycles. The Balaban J connectivity index is 2.16. The fraction of sp³-hybridized carbons (Fsp3) is 0.529. The summed E-state index contributed by atoms with van der Waals surface area (Å²) >= 11 is 0. The predicted molar refractivity (Wildman–Crippen MR) is 89.7 cm³/mol. The molecule has 2 rings (SSSR count). The monoisotopic (exact) mass is 383 g/mol. The molecule has 3 atom stereocenters. The van der Waals surface area contributed by atoms with E-state index < -0.39 is 35.4 Å². The Hall–Kier alpha value is -2.72. The van der Waals surface area contributed by atoms with Gasteiger partial charge in [0.25, 0.3) is 0 Å². The highest BCUT2D eigenvalue weighted by Crippen LogP contribution is 2.32. The van der Waals surface area contributed by atoms with E-state index in [0.717, 1.165) is 0 Å². The Labute approximate surface area is 155 Å². The maximum Gasteiger partial charge on any atom is 0.311 e. The third-order valence-electron chi connectivity index (χ3n) is 3.79. The number of aliphatic hydroxyl groups is 1. The molecule has 27 heavy (non-hydrogen) atoms. The molecule has 1 aliphatic rings. The molecule has 0 saturated carbocycles. The zero-order chi connectivity index (χ0) is 20.0. The van der Waals surface area contributed by atoms with Crippen LogP contribution in [-0.2, 0) is 30.4 Å². The maximum absolute atomic E-state index is 11.3. The molecular formula is C17H21NO9. The predicted octanol–water partition coefficient (Wildman–Crippen LogP) is 1.47. The second-order valence-corrected chi connectivity index (χ2v) is 6.03. The summed E-state index contributed by atoms with van der Waals surface area (Å²) in [6.07, 6.45) is -1.61. The average molecular weight is 383 g/mol. The quantitative estimate of drug-likeness (QED) is 0.422. The molecule has 1 fully saturated rings. The van der Waals surface area contributed by atoms with Gasteiger partial charge in [-0.1, -0.05) is 6.07 Å². The first-order valence-corrected chi connectivity index (χ1v) is 8.29. The highest BCUT2D eigenvalue weighted by molar-refractivity contribution is 5.66. The third kappa shape index (κ3) is 6.19.